The molecule has 0 atom stereocenters. The van der Waals surface area contributed by atoms with Gasteiger partial charge in [0.2, 0.25) is 0 Å². The molecule has 1 amide bonds. The van der Waals surface area contributed by atoms with Gasteiger partial charge in [0, 0.05) is 16.5 Å². The van der Waals surface area contributed by atoms with Gasteiger partial charge in [-0.15, -0.1) is 5.11 Å². The maximum absolute atomic E-state index is 13.2. The molecule has 9 nitrogen and oxygen atoms in total. The molecular formula is C27H23Cl2N3O6S. The van der Waals surface area contributed by atoms with Crippen LogP contribution < -0.4 is 10.1 Å². The van der Waals surface area contributed by atoms with Crippen LogP contribution in [0.15, 0.2) is 75.8 Å². The number of phenols is 1. The van der Waals surface area contributed by atoms with Crippen LogP contribution in [0, 0.1) is 0 Å². The lowest BCUT2D eigenvalue weighted by atomic mass is 10.0. The SMILES string of the molecule is CCOc1ccc(NC(=O)c2cc3ccccc3c(N=Nc3cc(S(=O)(=O)O)cc(Cl)c3CC)c2O)c(Cl)c1. The number of anilines is 1. The minimum absolute atomic E-state index is 0.0218. The van der Waals surface area contributed by atoms with Gasteiger partial charge in [-0.05, 0) is 54.6 Å². The van der Waals surface area contributed by atoms with Gasteiger partial charge >= 0.3 is 0 Å². The molecule has 0 heterocycles. The summed E-state index contributed by atoms with van der Waals surface area (Å²) in [5.41, 5.74) is 0.761. The Kier molecular flexibility index (Phi) is 8.41. The van der Waals surface area contributed by atoms with E-state index in [1.54, 1.807) is 49.4 Å². The lowest BCUT2D eigenvalue weighted by molar-refractivity contribution is 0.102. The van der Waals surface area contributed by atoms with Crippen LogP contribution in [0.2, 0.25) is 10.0 Å². The first kappa shape index (κ1) is 28.3. The van der Waals surface area contributed by atoms with Crippen molar-refractivity contribution >= 4 is 67.1 Å². The van der Waals surface area contributed by atoms with E-state index in [0.717, 1.165) is 12.1 Å². The van der Waals surface area contributed by atoms with Crippen molar-refractivity contribution in [1.29, 1.82) is 0 Å². The molecule has 0 radical (unpaired) electrons. The average Bonchev–Trinajstić information content (AvgIpc) is 2.88. The Morgan fingerprint density at radius 1 is 1.00 bits per heavy atom. The van der Waals surface area contributed by atoms with Crippen molar-refractivity contribution in [3.8, 4) is 11.5 Å². The number of phenolic OH excluding ortho intramolecular Hbond substituents is 1. The minimum Gasteiger partial charge on any atom is -0.505 e. The Balaban J connectivity index is 1.80. The number of hydrogen-bond acceptors (Lipinski definition) is 7. The van der Waals surface area contributed by atoms with E-state index < -0.39 is 26.7 Å². The van der Waals surface area contributed by atoms with Gasteiger partial charge in [0.15, 0.2) is 5.75 Å². The molecule has 0 bridgehead atoms. The van der Waals surface area contributed by atoms with E-state index in [9.17, 15) is 22.9 Å². The average molecular weight is 588 g/mol. The Hall–Kier alpha value is -3.70. The highest BCUT2D eigenvalue weighted by atomic mass is 35.5. The largest absolute Gasteiger partial charge is 0.505 e. The molecule has 0 aliphatic carbocycles. The number of rotatable bonds is 8. The van der Waals surface area contributed by atoms with Crippen LogP contribution in [0.1, 0.15) is 29.8 Å². The summed E-state index contributed by atoms with van der Waals surface area (Å²) >= 11 is 12.5. The maximum Gasteiger partial charge on any atom is 0.294 e. The number of amides is 1. The molecule has 0 aliphatic rings. The van der Waals surface area contributed by atoms with E-state index in [2.05, 4.69) is 15.5 Å². The van der Waals surface area contributed by atoms with Gasteiger partial charge in [-0.25, -0.2) is 0 Å². The zero-order valence-corrected chi connectivity index (χ0v) is 23.1. The Morgan fingerprint density at radius 2 is 1.74 bits per heavy atom. The molecular weight excluding hydrogens is 565 g/mol. The maximum atomic E-state index is 13.2. The summed E-state index contributed by atoms with van der Waals surface area (Å²) in [6, 6.07) is 15.5. The molecule has 202 valence electrons. The first-order valence-electron chi connectivity index (χ1n) is 11.7. The van der Waals surface area contributed by atoms with E-state index in [1.165, 1.54) is 6.07 Å². The highest BCUT2D eigenvalue weighted by Gasteiger charge is 2.20. The fourth-order valence-electron chi connectivity index (χ4n) is 3.93. The molecule has 0 aliphatic heterocycles. The van der Waals surface area contributed by atoms with Gasteiger partial charge in [0.05, 0.1) is 33.5 Å². The van der Waals surface area contributed by atoms with Gasteiger partial charge in [-0.1, -0.05) is 54.4 Å². The highest BCUT2D eigenvalue weighted by molar-refractivity contribution is 7.85. The van der Waals surface area contributed by atoms with E-state index in [1.807, 2.05) is 6.92 Å². The summed E-state index contributed by atoms with van der Waals surface area (Å²) in [6.45, 7) is 4.08. The number of carbonyl (C=O) groups is 1. The Labute approximate surface area is 234 Å². The van der Waals surface area contributed by atoms with Gasteiger partial charge < -0.3 is 15.2 Å². The zero-order chi connectivity index (χ0) is 28.3. The normalized spacial score (nSPS) is 11.7. The molecule has 0 unspecified atom stereocenters. The standard InChI is InChI=1S/C27H23Cl2N3O6S/c1-3-18-21(28)13-17(39(35,36)37)14-24(18)31-32-25-19-8-6-5-7-15(19)11-20(26(25)33)27(34)30-23-10-9-16(38-4-2)12-22(23)29/h5-14,33H,3-4H2,1-2H3,(H,30,34)(H,35,36,37). The molecule has 4 aromatic carbocycles. The number of hydrogen-bond donors (Lipinski definition) is 3. The second-order valence-corrected chi connectivity index (χ2v) is 10.5. The van der Waals surface area contributed by atoms with Gasteiger partial charge in [-0.2, -0.15) is 13.5 Å². The van der Waals surface area contributed by atoms with E-state index >= 15 is 0 Å². The van der Waals surface area contributed by atoms with E-state index in [0.29, 0.717) is 40.8 Å². The van der Waals surface area contributed by atoms with Crippen LogP contribution in [-0.4, -0.2) is 30.6 Å². The van der Waals surface area contributed by atoms with Crippen molar-refractivity contribution in [2.24, 2.45) is 10.2 Å². The number of fused-ring (bicyclic) bond motifs is 1. The lowest BCUT2D eigenvalue weighted by Crippen LogP contribution is -2.12. The number of benzene rings is 4. The summed E-state index contributed by atoms with van der Waals surface area (Å²) < 4.78 is 38.3. The molecule has 0 spiro atoms. The van der Waals surface area contributed by atoms with Crippen LogP contribution in [-0.2, 0) is 16.5 Å². The zero-order valence-electron chi connectivity index (χ0n) is 20.8. The molecule has 12 heteroatoms. The third-order valence-corrected chi connectivity index (χ3v) is 7.28. The summed E-state index contributed by atoms with van der Waals surface area (Å²) in [4.78, 5) is 12.8. The molecule has 0 saturated heterocycles. The van der Waals surface area contributed by atoms with Crippen molar-refractivity contribution in [2.45, 2.75) is 25.2 Å². The number of carbonyl (C=O) groups excluding carboxylic acids is 1. The first-order chi connectivity index (χ1) is 18.5. The molecule has 4 rings (SSSR count). The number of nitrogens with one attached hydrogen (secondary N) is 1. The van der Waals surface area contributed by atoms with E-state index in [-0.39, 0.29) is 27.0 Å². The minimum atomic E-state index is -4.56. The Morgan fingerprint density at radius 3 is 2.41 bits per heavy atom. The van der Waals surface area contributed by atoms with Crippen LogP contribution >= 0.6 is 23.2 Å². The molecule has 0 aromatic heterocycles. The monoisotopic (exact) mass is 587 g/mol. The first-order valence-corrected chi connectivity index (χ1v) is 13.9. The smallest absolute Gasteiger partial charge is 0.294 e. The topological polar surface area (TPSA) is 138 Å². The molecule has 3 N–H and O–H groups in total. The fourth-order valence-corrected chi connectivity index (χ4v) is 5.08. The van der Waals surface area contributed by atoms with Crippen molar-refractivity contribution in [1.82, 2.24) is 0 Å². The quantitative estimate of drug-likeness (QED) is 0.142. The third kappa shape index (κ3) is 6.15. The third-order valence-electron chi connectivity index (χ3n) is 5.79. The summed E-state index contributed by atoms with van der Waals surface area (Å²) in [5, 5.41) is 23.6. The highest BCUT2D eigenvalue weighted by Crippen LogP contribution is 2.41. The van der Waals surface area contributed by atoms with Crippen LogP contribution in [0.5, 0.6) is 11.5 Å². The fraction of sp³-hybridized carbons (Fsp3) is 0.148. The van der Waals surface area contributed by atoms with Crippen molar-refractivity contribution < 1.29 is 27.6 Å². The molecule has 39 heavy (non-hydrogen) atoms. The molecule has 0 saturated carbocycles. The summed E-state index contributed by atoms with van der Waals surface area (Å²) in [7, 11) is -4.56. The molecule has 4 aromatic rings. The number of ether oxygens (including phenoxy) is 1. The Bertz CT molecular complexity index is 1720. The predicted molar refractivity (Wildman–Crippen MR) is 151 cm³/mol. The predicted octanol–water partition coefficient (Wildman–Crippen LogP) is 7.73. The van der Waals surface area contributed by atoms with E-state index in [4.69, 9.17) is 27.9 Å². The van der Waals surface area contributed by atoms with Gasteiger partial charge in [0.25, 0.3) is 16.0 Å². The molecule has 0 fully saturated rings. The van der Waals surface area contributed by atoms with Crippen molar-refractivity contribution in [2.75, 3.05) is 11.9 Å². The van der Waals surface area contributed by atoms with Crippen LogP contribution in [0.25, 0.3) is 10.8 Å². The summed E-state index contributed by atoms with van der Waals surface area (Å²) in [5.74, 6) is -0.556. The second kappa shape index (κ2) is 11.6. The van der Waals surface area contributed by atoms with Crippen molar-refractivity contribution in [3.63, 3.8) is 0 Å². The van der Waals surface area contributed by atoms with Gasteiger partial charge in [0.1, 0.15) is 11.4 Å². The van der Waals surface area contributed by atoms with Crippen LogP contribution in [0.3, 0.4) is 0 Å². The number of halogens is 2. The number of nitrogens with zero attached hydrogens (tertiary/aromatic N) is 2. The number of aromatic hydroxyl groups is 1. The van der Waals surface area contributed by atoms with Crippen molar-refractivity contribution in [3.05, 3.63) is 81.8 Å². The van der Waals surface area contributed by atoms with Crippen LogP contribution in [0.4, 0.5) is 17.1 Å². The number of azo groups is 1. The second-order valence-electron chi connectivity index (χ2n) is 8.30. The lowest BCUT2D eigenvalue weighted by Gasteiger charge is -2.13. The van der Waals surface area contributed by atoms with Gasteiger partial charge in [-0.3, -0.25) is 9.35 Å². The summed E-state index contributed by atoms with van der Waals surface area (Å²) in [6.07, 6.45) is 0.386.